The van der Waals surface area contributed by atoms with Crippen molar-refractivity contribution in [3.05, 3.63) is 72.6 Å². The third kappa shape index (κ3) is 2.71. The fourth-order valence-electron chi connectivity index (χ4n) is 2.36. The smallest absolute Gasteiger partial charge is 0.180 e. The summed E-state index contributed by atoms with van der Waals surface area (Å²) in [4.78, 5) is 17.0. The Bertz CT molecular complexity index is 1060. The summed E-state index contributed by atoms with van der Waals surface area (Å²) < 4.78 is 0. The Morgan fingerprint density at radius 1 is 0.792 bits per heavy atom. The monoisotopic (exact) mass is 308 g/mol. The number of benzene rings is 1. The second kappa shape index (κ2) is 5.90. The summed E-state index contributed by atoms with van der Waals surface area (Å²) in [7, 11) is 0. The summed E-state index contributed by atoms with van der Waals surface area (Å²) in [5.74, 6) is 3.16. The molecule has 2 aliphatic rings. The van der Waals surface area contributed by atoms with Gasteiger partial charge in [-0.15, -0.1) is 6.42 Å². The zero-order valence-electron chi connectivity index (χ0n) is 12.7. The van der Waals surface area contributed by atoms with Gasteiger partial charge in [-0.25, -0.2) is 15.0 Å². The molecule has 1 aromatic carbocycles. The van der Waals surface area contributed by atoms with Crippen LogP contribution in [0.3, 0.4) is 0 Å². The minimum atomic E-state index is 0.558. The van der Waals surface area contributed by atoms with Gasteiger partial charge in [0.2, 0.25) is 0 Å². The van der Waals surface area contributed by atoms with Crippen LogP contribution in [0.15, 0.2) is 67.0 Å². The molecule has 5 rings (SSSR count). The highest BCUT2D eigenvalue weighted by Crippen LogP contribution is 2.25. The molecule has 0 unspecified atom stereocenters. The lowest BCUT2D eigenvalue weighted by Gasteiger charge is -2.03. The number of aromatic nitrogens is 4. The predicted octanol–water partition coefficient (Wildman–Crippen LogP) is 3.74. The highest BCUT2D eigenvalue weighted by atomic mass is 14.9. The Balaban J connectivity index is 0.000000201. The third-order valence-corrected chi connectivity index (χ3v) is 3.63. The second-order valence-electron chi connectivity index (χ2n) is 5.20. The quantitative estimate of drug-likeness (QED) is 0.443. The average molecular weight is 308 g/mol. The third-order valence-electron chi connectivity index (χ3n) is 3.63. The van der Waals surface area contributed by atoms with E-state index in [4.69, 9.17) is 6.42 Å². The molecule has 112 valence electrons. The van der Waals surface area contributed by atoms with Crippen LogP contribution in [0.1, 0.15) is 5.56 Å². The first-order chi connectivity index (χ1) is 11.8. The lowest BCUT2D eigenvalue weighted by atomic mass is 10.2. The molecule has 0 spiro atoms. The number of hydrogen-bond donors (Lipinski definition) is 0. The van der Waals surface area contributed by atoms with E-state index >= 15 is 0 Å². The lowest BCUT2D eigenvalue weighted by Crippen LogP contribution is -1.94. The van der Waals surface area contributed by atoms with E-state index < -0.39 is 0 Å². The van der Waals surface area contributed by atoms with Gasteiger partial charge in [-0.2, -0.15) is 0 Å². The second-order valence-corrected chi connectivity index (χ2v) is 5.20. The van der Waals surface area contributed by atoms with Gasteiger partial charge in [0.25, 0.3) is 0 Å². The number of rotatable bonds is 1. The Labute approximate surface area is 139 Å². The summed E-state index contributed by atoms with van der Waals surface area (Å²) in [6.45, 7) is 0. The van der Waals surface area contributed by atoms with Gasteiger partial charge in [0.1, 0.15) is 5.69 Å². The SMILES string of the molecule is C#Cc1cccnc1-c1ncc2ccccc2n1.c1cc2nc-2c1. The summed E-state index contributed by atoms with van der Waals surface area (Å²) in [5.41, 5.74) is 4.58. The molecule has 4 heteroatoms. The molecule has 2 aromatic heterocycles. The maximum absolute atomic E-state index is 5.46. The molecule has 1 aliphatic carbocycles. The Hall–Kier alpha value is -3.58. The maximum Gasteiger partial charge on any atom is 0.180 e. The molecule has 0 N–H and O–H groups in total. The molecule has 1 aliphatic heterocycles. The van der Waals surface area contributed by atoms with Crippen LogP contribution in [0.4, 0.5) is 0 Å². The first-order valence-electron chi connectivity index (χ1n) is 7.46. The zero-order valence-corrected chi connectivity index (χ0v) is 12.7. The highest BCUT2D eigenvalue weighted by molar-refractivity contribution is 5.79. The molecule has 0 amide bonds. The van der Waals surface area contributed by atoms with Crippen molar-refractivity contribution in [1.82, 2.24) is 19.9 Å². The molecule has 4 nitrogen and oxygen atoms in total. The molecule has 0 saturated carbocycles. The van der Waals surface area contributed by atoms with Gasteiger partial charge in [-0.1, -0.05) is 30.2 Å². The van der Waals surface area contributed by atoms with E-state index in [1.54, 1.807) is 18.5 Å². The topological polar surface area (TPSA) is 51.6 Å². The molecule has 0 atom stereocenters. The van der Waals surface area contributed by atoms with Crippen molar-refractivity contribution in [3.63, 3.8) is 0 Å². The number of pyridine rings is 2. The van der Waals surface area contributed by atoms with Gasteiger partial charge in [0.15, 0.2) is 5.82 Å². The molecule has 3 heterocycles. The summed E-state index contributed by atoms with van der Waals surface area (Å²) in [6, 6.07) is 17.5. The molecular formula is C20H12N4. The van der Waals surface area contributed by atoms with Gasteiger partial charge >= 0.3 is 0 Å². The van der Waals surface area contributed by atoms with E-state index in [1.807, 2.05) is 48.5 Å². The Morgan fingerprint density at radius 3 is 2.33 bits per heavy atom. The molecule has 0 bridgehead atoms. The standard InChI is InChI=1S/C15H9N3.C5H3N/c1-2-11-7-5-9-16-14(11)15-17-10-12-6-3-4-8-13(12)18-15;1-2-4-5(3-1)6-4/h1,3-10H;1-3H. The van der Waals surface area contributed by atoms with Gasteiger partial charge < -0.3 is 0 Å². The number of fused-ring (bicyclic) bond motifs is 2. The van der Waals surface area contributed by atoms with Crippen LogP contribution in [0.5, 0.6) is 0 Å². The maximum atomic E-state index is 5.46. The van der Waals surface area contributed by atoms with Crippen LogP contribution < -0.4 is 0 Å². The van der Waals surface area contributed by atoms with Gasteiger partial charge in [-0.05, 0) is 30.3 Å². The van der Waals surface area contributed by atoms with Crippen molar-refractivity contribution < 1.29 is 0 Å². The molecular weight excluding hydrogens is 296 g/mol. The summed E-state index contributed by atoms with van der Waals surface area (Å²) in [6.07, 6.45) is 8.93. The molecule has 0 radical (unpaired) electrons. The number of nitrogens with zero attached hydrogens (tertiary/aromatic N) is 4. The van der Waals surface area contributed by atoms with E-state index in [9.17, 15) is 0 Å². The minimum absolute atomic E-state index is 0.558. The summed E-state index contributed by atoms with van der Waals surface area (Å²) in [5, 5.41) is 0.999. The van der Waals surface area contributed by atoms with Crippen molar-refractivity contribution in [1.29, 1.82) is 0 Å². The fraction of sp³-hybridized carbons (Fsp3) is 0. The lowest BCUT2D eigenvalue weighted by molar-refractivity contribution is 1.17. The molecule has 0 fully saturated rings. The summed E-state index contributed by atoms with van der Waals surface area (Å²) >= 11 is 0. The predicted molar refractivity (Wildman–Crippen MR) is 93.9 cm³/mol. The molecule has 0 saturated heterocycles. The van der Waals surface area contributed by atoms with Crippen LogP contribution in [0, 0.1) is 12.3 Å². The highest BCUT2D eigenvalue weighted by Gasteiger charge is 2.10. The normalized spacial score (nSPS) is 10.5. The number of hydrogen-bond acceptors (Lipinski definition) is 4. The van der Waals surface area contributed by atoms with E-state index in [0.29, 0.717) is 17.1 Å². The van der Waals surface area contributed by atoms with Crippen LogP contribution in [-0.4, -0.2) is 19.9 Å². The zero-order chi connectivity index (χ0) is 16.4. The van der Waals surface area contributed by atoms with E-state index in [2.05, 4.69) is 25.9 Å². The molecule has 3 aromatic rings. The van der Waals surface area contributed by atoms with Crippen molar-refractivity contribution in [3.8, 4) is 35.2 Å². The number of terminal acetylenes is 1. The van der Waals surface area contributed by atoms with Crippen molar-refractivity contribution in [2.24, 2.45) is 0 Å². The van der Waals surface area contributed by atoms with Crippen LogP contribution in [0.25, 0.3) is 33.8 Å². The Kier molecular flexibility index (Phi) is 3.45. The van der Waals surface area contributed by atoms with Gasteiger partial charge in [-0.3, -0.25) is 4.98 Å². The van der Waals surface area contributed by atoms with Crippen LogP contribution in [-0.2, 0) is 0 Å². The van der Waals surface area contributed by atoms with Crippen LogP contribution >= 0.6 is 0 Å². The van der Waals surface area contributed by atoms with Crippen molar-refractivity contribution in [2.45, 2.75) is 0 Å². The number of para-hydroxylation sites is 1. The Morgan fingerprint density at radius 2 is 1.62 bits per heavy atom. The largest absolute Gasteiger partial charge is 0.252 e. The minimum Gasteiger partial charge on any atom is -0.252 e. The first kappa shape index (κ1) is 14.0. The van der Waals surface area contributed by atoms with Gasteiger partial charge in [0, 0.05) is 17.8 Å². The molecule has 24 heavy (non-hydrogen) atoms. The van der Waals surface area contributed by atoms with Crippen LogP contribution in [0.2, 0.25) is 0 Å². The van der Waals surface area contributed by atoms with E-state index in [-0.39, 0.29) is 0 Å². The van der Waals surface area contributed by atoms with Crippen molar-refractivity contribution in [2.75, 3.05) is 0 Å². The first-order valence-corrected chi connectivity index (χ1v) is 7.46. The van der Waals surface area contributed by atoms with E-state index in [0.717, 1.165) is 10.9 Å². The van der Waals surface area contributed by atoms with Gasteiger partial charge in [0.05, 0.1) is 22.5 Å². The average Bonchev–Trinajstić information content (AvgIpc) is 3.26. The fourth-order valence-corrected chi connectivity index (χ4v) is 2.36. The van der Waals surface area contributed by atoms with E-state index in [1.165, 1.54) is 11.4 Å². The van der Waals surface area contributed by atoms with Crippen molar-refractivity contribution >= 4 is 10.9 Å².